The van der Waals surface area contributed by atoms with Gasteiger partial charge < -0.3 is 10.4 Å². The Morgan fingerprint density at radius 2 is 1.94 bits per heavy atom. The first-order valence-corrected chi connectivity index (χ1v) is 11.8. The number of nitrogens with one attached hydrogen (secondary N) is 2. The SMILES string of the molecule is C=C/C=C\C(=C/C)CCCC(C)NC(=O)NC(=C/C)/N=C(/N=C(\C=C)c1ccc(O)c(F)c1)C(=C)C. The number of carbonyl (C=O) groups excluding carboxylic acids is 1. The average Bonchev–Trinajstić information content (AvgIpc) is 2.84. The van der Waals surface area contributed by atoms with Crippen molar-refractivity contribution in [2.45, 2.75) is 53.0 Å². The Kier molecular flexibility index (Phi) is 13.2. The Morgan fingerprint density at radius 1 is 1.22 bits per heavy atom. The zero-order valence-electron chi connectivity index (χ0n) is 21.6. The van der Waals surface area contributed by atoms with Gasteiger partial charge in [0.15, 0.2) is 17.4 Å². The van der Waals surface area contributed by atoms with Gasteiger partial charge in [-0.2, -0.15) is 0 Å². The average molecular weight is 493 g/mol. The molecule has 1 atom stereocenters. The molecule has 0 radical (unpaired) electrons. The number of hydrogen-bond acceptors (Lipinski definition) is 3. The normalized spacial score (nSPS) is 13.9. The molecule has 0 fully saturated rings. The second-order valence-corrected chi connectivity index (χ2v) is 8.11. The van der Waals surface area contributed by atoms with Gasteiger partial charge in [-0.1, -0.05) is 49.6 Å². The molecule has 6 nitrogen and oxygen atoms in total. The number of urea groups is 1. The molecule has 1 rings (SSSR count). The molecule has 36 heavy (non-hydrogen) atoms. The first kappa shape index (κ1) is 30.0. The highest BCUT2D eigenvalue weighted by atomic mass is 19.1. The quantitative estimate of drug-likeness (QED) is 0.169. The van der Waals surface area contributed by atoms with Crippen LogP contribution in [0.4, 0.5) is 9.18 Å². The van der Waals surface area contributed by atoms with Crippen LogP contribution >= 0.6 is 0 Å². The number of aromatic hydroxyl groups is 1. The van der Waals surface area contributed by atoms with Crippen LogP contribution in [0.25, 0.3) is 0 Å². The molecule has 0 saturated carbocycles. The topological polar surface area (TPSA) is 86.1 Å². The van der Waals surface area contributed by atoms with Gasteiger partial charge in [-0.15, -0.1) is 0 Å². The van der Waals surface area contributed by atoms with E-state index in [4.69, 9.17) is 0 Å². The number of rotatable bonds is 12. The zero-order chi connectivity index (χ0) is 27.1. The Balaban J connectivity index is 2.88. The summed E-state index contributed by atoms with van der Waals surface area (Å²) in [7, 11) is 0. The largest absolute Gasteiger partial charge is 0.505 e. The Hall–Kier alpha value is -4.00. The standard InChI is InChI=1S/C29H37FN4O2/c1-8-12-15-22(9-2)16-13-14-21(7)31-29(36)34-27(11-4)33-28(20(5)6)32-25(10-3)23-17-18-26(35)24(30)19-23/h8-12,15,17-19,21,35H,1,3,5,13-14,16H2,2,4,6-7H3,(H2,31,34,36)/b15-12-,22-9+,27-11+,32-25+,33-28+. The lowest BCUT2D eigenvalue weighted by atomic mass is 10.0. The smallest absolute Gasteiger partial charge is 0.320 e. The van der Waals surface area contributed by atoms with Gasteiger partial charge in [0.05, 0.1) is 5.71 Å². The van der Waals surface area contributed by atoms with Crippen molar-refractivity contribution in [1.82, 2.24) is 10.6 Å². The number of carbonyl (C=O) groups is 1. The van der Waals surface area contributed by atoms with Crippen molar-refractivity contribution in [2.75, 3.05) is 0 Å². The molecule has 2 amide bonds. The number of amides is 2. The molecule has 0 aliphatic carbocycles. The van der Waals surface area contributed by atoms with E-state index in [9.17, 15) is 14.3 Å². The van der Waals surface area contributed by atoms with E-state index in [1.807, 2.05) is 26.0 Å². The summed E-state index contributed by atoms with van der Waals surface area (Å²) < 4.78 is 13.8. The van der Waals surface area contributed by atoms with E-state index in [1.165, 1.54) is 23.8 Å². The van der Waals surface area contributed by atoms with Crippen LogP contribution in [0.3, 0.4) is 0 Å². The third-order valence-corrected chi connectivity index (χ3v) is 5.08. The lowest BCUT2D eigenvalue weighted by molar-refractivity contribution is 0.239. The third-order valence-electron chi connectivity index (χ3n) is 5.08. The first-order chi connectivity index (χ1) is 17.1. The Bertz CT molecular complexity index is 1110. The first-order valence-electron chi connectivity index (χ1n) is 11.8. The summed E-state index contributed by atoms with van der Waals surface area (Å²) in [5.74, 6) is -0.699. The number of phenolic OH excluding ortho intramolecular Hbond substituents is 1. The van der Waals surface area contributed by atoms with E-state index in [0.717, 1.165) is 25.3 Å². The number of benzene rings is 1. The maximum absolute atomic E-state index is 13.8. The summed E-state index contributed by atoms with van der Waals surface area (Å²) in [5.41, 5.74) is 2.51. The molecule has 0 aliphatic heterocycles. The van der Waals surface area contributed by atoms with Crippen LogP contribution in [-0.2, 0) is 0 Å². The van der Waals surface area contributed by atoms with Crippen molar-refractivity contribution in [3.8, 4) is 5.75 Å². The molecule has 1 aromatic rings. The maximum atomic E-state index is 13.8. The lowest BCUT2D eigenvalue weighted by Gasteiger charge is -2.15. The number of nitrogens with zero attached hydrogens (tertiary/aromatic N) is 2. The van der Waals surface area contributed by atoms with Crippen LogP contribution in [0.2, 0.25) is 0 Å². The van der Waals surface area contributed by atoms with Gasteiger partial charge in [0.2, 0.25) is 0 Å². The van der Waals surface area contributed by atoms with Gasteiger partial charge in [0.25, 0.3) is 0 Å². The van der Waals surface area contributed by atoms with Crippen molar-refractivity contribution in [3.63, 3.8) is 0 Å². The third kappa shape index (κ3) is 10.5. The second kappa shape index (κ2) is 15.8. The fourth-order valence-corrected chi connectivity index (χ4v) is 3.08. The highest BCUT2D eigenvalue weighted by Crippen LogP contribution is 2.18. The lowest BCUT2D eigenvalue weighted by Crippen LogP contribution is -2.40. The van der Waals surface area contributed by atoms with Crippen LogP contribution in [0.5, 0.6) is 5.75 Å². The minimum Gasteiger partial charge on any atom is -0.505 e. The number of amidine groups is 1. The van der Waals surface area contributed by atoms with Gasteiger partial charge in [0, 0.05) is 11.6 Å². The highest BCUT2D eigenvalue weighted by Gasteiger charge is 2.11. The minimum absolute atomic E-state index is 0.0380. The molecule has 0 heterocycles. The van der Waals surface area contributed by atoms with Gasteiger partial charge in [-0.3, -0.25) is 5.32 Å². The predicted molar refractivity (Wildman–Crippen MR) is 149 cm³/mol. The molecular formula is C29H37FN4O2. The van der Waals surface area contributed by atoms with Crippen molar-refractivity contribution >= 4 is 17.6 Å². The summed E-state index contributed by atoms with van der Waals surface area (Å²) in [6, 6.07) is 3.50. The Morgan fingerprint density at radius 3 is 2.50 bits per heavy atom. The number of aliphatic imine (C=N–C) groups is 2. The summed E-state index contributed by atoms with van der Waals surface area (Å²) >= 11 is 0. The fraction of sp³-hybridized carbons (Fsp3) is 0.276. The van der Waals surface area contributed by atoms with E-state index >= 15 is 0 Å². The molecule has 0 bridgehead atoms. The molecule has 0 aliphatic rings. The van der Waals surface area contributed by atoms with Crippen molar-refractivity contribution in [1.29, 1.82) is 0 Å². The number of hydrogen-bond donors (Lipinski definition) is 3. The van der Waals surface area contributed by atoms with Gasteiger partial charge in [-0.25, -0.2) is 19.2 Å². The zero-order valence-corrected chi connectivity index (χ0v) is 21.6. The minimum atomic E-state index is -0.771. The van der Waals surface area contributed by atoms with E-state index in [0.29, 0.717) is 16.8 Å². The van der Waals surface area contributed by atoms with Crippen LogP contribution < -0.4 is 10.6 Å². The molecule has 3 N–H and O–H groups in total. The van der Waals surface area contributed by atoms with Crippen molar-refractivity contribution < 1.29 is 14.3 Å². The number of allylic oxidation sites excluding steroid dienone is 7. The van der Waals surface area contributed by atoms with Gasteiger partial charge >= 0.3 is 6.03 Å². The van der Waals surface area contributed by atoms with Crippen LogP contribution in [0.15, 0.2) is 101 Å². The van der Waals surface area contributed by atoms with E-state index in [2.05, 4.69) is 46.4 Å². The van der Waals surface area contributed by atoms with E-state index in [-0.39, 0.29) is 23.7 Å². The molecular weight excluding hydrogens is 455 g/mol. The molecule has 1 unspecified atom stereocenters. The fourth-order valence-electron chi connectivity index (χ4n) is 3.08. The molecule has 0 saturated heterocycles. The summed E-state index contributed by atoms with van der Waals surface area (Å²) in [6.45, 7) is 18.7. The van der Waals surface area contributed by atoms with Gasteiger partial charge in [-0.05, 0) is 82.9 Å². The molecule has 1 aromatic carbocycles. The summed E-state index contributed by atoms with van der Waals surface area (Å²) in [6.07, 6.45) is 13.5. The van der Waals surface area contributed by atoms with Crippen LogP contribution in [-0.4, -0.2) is 28.7 Å². The van der Waals surface area contributed by atoms with Gasteiger partial charge in [0.1, 0.15) is 5.82 Å². The van der Waals surface area contributed by atoms with Crippen molar-refractivity contribution in [2.24, 2.45) is 9.98 Å². The van der Waals surface area contributed by atoms with E-state index < -0.39 is 11.6 Å². The van der Waals surface area contributed by atoms with Crippen LogP contribution in [0, 0.1) is 5.82 Å². The number of phenols is 1. The molecule has 192 valence electrons. The summed E-state index contributed by atoms with van der Waals surface area (Å²) in [5, 5.41) is 15.1. The Labute approximate surface area is 214 Å². The maximum Gasteiger partial charge on any atom is 0.320 e. The predicted octanol–water partition coefficient (Wildman–Crippen LogP) is 6.89. The molecule has 0 aromatic heterocycles. The van der Waals surface area contributed by atoms with Crippen molar-refractivity contribution in [3.05, 3.63) is 103 Å². The van der Waals surface area contributed by atoms with E-state index in [1.54, 1.807) is 26.0 Å². The monoisotopic (exact) mass is 492 g/mol. The number of halogens is 1. The molecule has 7 heteroatoms. The summed E-state index contributed by atoms with van der Waals surface area (Å²) in [4.78, 5) is 21.4. The molecule has 0 spiro atoms. The second-order valence-electron chi connectivity index (χ2n) is 8.11. The van der Waals surface area contributed by atoms with Crippen LogP contribution in [0.1, 0.15) is 52.5 Å². The highest BCUT2D eigenvalue weighted by molar-refractivity contribution is 6.16.